The smallest absolute Gasteiger partial charge is 0.107 e. The molecular weight excluding hydrogens is 309 g/mol. The molecule has 0 amide bonds. The molecule has 0 spiro atoms. The summed E-state index contributed by atoms with van der Waals surface area (Å²) >= 11 is 0. The summed E-state index contributed by atoms with van der Waals surface area (Å²) in [6.07, 6.45) is 12.0. The van der Waals surface area contributed by atoms with Gasteiger partial charge in [-0.05, 0) is 61.5 Å². The predicted molar refractivity (Wildman–Crippen MR) is 103 cm³/mol. The predicted octanol–water partition coefficient (Wildman–Crippen LogP) is 6.80. The van der Waals surface area contributed by atoms with Gasteiger partial charge in [0.15, 0.2) is 0 Å². The van der Waals surface area contributed by atoms with Crippen molar-refractivity contribution in [3.63, 3.8) is 0 Å². The van der Waals surface area contributed by atoms with E-state index in [1.807, 2.05) is 0 Å². The van der Waals surface area contributed by atoms with Crippen molar-refractivity contribution in [3.05, 3.63) is 35.4 Å². The van der Waals surface area contributed by atoms with E-state index in [1.54, 1.807) is 0 Å². The lowest BCUT2D eigenvalue weighted by Crippen LogP contribution is -2.24. The highest BCUT2D eigenvalue weighted by Crippen LogP contribution is 2.35. The number of aryl methyl sites for hydroxylation is 1. The van der Waals surface area contributed by atoms with E-state index in [4.69, 9.17) is 5.26 Å². The number of nitrogens with zero attached hydrogens (tertiary/aromatic N) is 1. The van der Waals surface area contributed by atoms with Gasteiger partial charge in [-0.3, -0.25) is 0 Å². The number of halogens is 1. The van der Waals surface area contributed by atoms with E-state index in [0.29, 0.717) is 12.8 Å². The molecule has 0 saturated heterocycles. The van der Waals surface area contributed by atoms with Gasteiger partial charge in [0, 0.05) is 12.8 Å². The van der Waals surface area contributed by atoms with E-state index in [9.17, 15) is 4.39 Å². The first-order chi connectivity index (χ1) is 12.2. The van der Waals surface area contributed by atoms with Gasteiger partial charge in [-0.25, -0.2) is 4.39 Å². The van der Waals surface area contributed by atoms with Crippen LogP contribution in [0.4, 0.5) is 4.39 Å². The van der Waals surface area contributed by atoms with Gasteiger partial charge in [0.2, 0.25) is 0 Å². The number of benzene rings is 1. The zero-order chi connectivity index (χ0) is 17.9. The van der Waals surface area contributed by atoms with Crippen LogP contribution >= 0.6 is 0 Å². The van der Waals surface area contributed by atoms with Crippen LogP contribution in [0.5, 0.6) is 0 Å². The Morgan fingerprint density at radius 3 is 2.36 bits per heavy atom. The molecule has 1 unspecified atom stereocenters. The van der Waals surface area contributed by atoms with Crippen LogP contribution in [0, 0.1) is 23.2 Å². The van der Waals surface area contributed by atoms with Gasteiger partial charge in [0.05, 0.1) is 6.07 Å². The lowest BCUT2D eigenvalue weighted by atomic mass is 9.77. The second-order valence-corrected chi connectivity index (χ2v) is 7.82. The monoisotopic (exact) mass is 343 g/mol. The lowest BCUT2D eigenvalue weighted by molar-refractivity contribution is 0.151. The summed E-state index contributed by atoms with van der Waals surface area (Å²) in [4.78, 5) is 0. The molecule has 138 valence electrons. The van der Waals surface area contributed by atoms with Crippen LogP contribution in [0.3, 0.4) is 0 Å². The standard InChI is InChI=1S/C23H34FN/c1-2-3-4-7-19-9-11-21(12-10-19)18-23(24)22-15-13-20(14-16-22)8-5-6-17-25/h9-12,20,22-23H,2-8,13-16,18H2,1H3/t20-,22-,23?. The highest BCUT2D eigenvalue weighted by molar-refractivity contribution is 5.23. The average molecular weight is 344 g/mol. The molecule has 0 aliphatic heterocycles. The fourth-order valence-corrected chi connectivity index (χ4v) is 4.12. The Labute approximate surface area is 153 Å². The largest absolute Gasteiger partial charge is 0.247 e. The third-order valence-corrected chi connectivity index (χ3v) is 5.83. The number of nitriles is 1. The summed E-state index contributed by atoms with van der Waals surface area (Å²) in [5, 5.41) is 8.62. The van der Waals surface area contributed by atoms with Crippen molar-refractivity contribution < 1.29 is 4.39 Å². The zero-order valence-electron chi connectivity index (χ0n) is 15.9. The molecule has 1 saturated carbocycles. The zero-order valence-corrected chi connectivity index (χ0v) is 15.9. The summed E-state index contributed by atoms with van der Waals surface area (Å²) in [5.74, 6) is 0.954. The Kier molecular flexibility index (Phi) is 9.02. The minimum absolute atomic E-state index is 0.233. The summed E-state index contributed by atoms with van der Waals surface area (Å²) in [5.41, 5.74) is 2.52. The first kappa shape index (κ1) is 20.0. The third kappa shape index (κ3) is 7.18. The minimum Gasteiger partial charge on any atom is -0.247 e. The van der Waals surface area contributed by atoms with Crippen LogP contribution in [0.2, 0.25) is 0 Å². The Morgan fingerprint density at radius 2 is 1.72 bits per heavy atom. The first-order valence-corrected chi connectivity index (χ1v) is 10.3. The molecule has 1 fully saturated rings. The summed E-state index contributed by atoms with van der Waals surface area (Å²) < 4.78 is 14.7. The van der Waals surface area contributed by atoms with Gasteiger partial charge in [-0.15, -0.1) is 0 Å². The fraction of sp³-hybridized carbons (Fsp3) is 0.696. The molecule has 0 heterocycles. The van der Waals surface area contributed by atoms with Gasteiger partial charge in [-0.2, -0.15) is 5.26 Å². The minimum atomic E-state index is -0.703. The summed E-state index contributed by atoms with van der Waals surface area (Å²) in [7, 11) is 0. The van der Waals surface area contributed by atoms with E-state index < -0.39 is 6.17 Å². The molecule has 2 rings (SSSR count). The number of hydrogen-bond acceptors (Lipinski definition) is 1. The number of unbranched alkanes of at least 4 members (excludes halogenated alkanes) is 3. The molecule has 1 nitrogen and oxygen atoms in total. The van der Waals surface area contributed by atoms with Crippen LogP contribution in [-0.4, -0.2) is 6.17 Å². The molecule has 1 aromatic carbocycles. The van der Waals surface area contributed by atoms with Gasteiger partial charge in [0.1, 0.15) is 6.17 Å². The van der Waals surface area contributed by atoms with Crippen molar-refractivity contribution in [3.8, 4) is 6.07 Å². The molecule has 0 bridgehead atoms. The van der Waals surface area contributed by atoms with Crippen molar-refractivity contribution >= 4 is 0 Å². The van der Waals surface area contributed by atoms with E-state index in [1.165, 1.54) is 24.8 Å². The Balaban J connectivity index is 1.71. The van der Waals surface area contributed by atoms with Gasteiger partial charge >= 0.3 is 0 Å². The Bertz CT molecular complexity index is 508. The maximum atomic E-state index is 14.7. The van der Waals surface area contributed by atoms with Crippen LogP contribution in [0.15, 0.2) is 24.3 Å². The van der Waals surface area contributed by atoms with Crippen molar-refractivity contribution in [2.75, 3.05) is 0 Å². The molecule has 0 N–H and O–H groups in total. The average Bonchev–Trinajstić information content (AvgIpc) is 2.64. The van der Waals surface area contributed by atoms with E-state index in [0.717, 1.165) is 56.4 Å². The van der Waals surface area contributed by atoms with Crippen LogP contribution in [0.1, 0.15) is 82.3 Å². The second kappa shape index (κ2) is 11.3. The van der Waals surface area contributed by atoms with Crippen molar-refractivity contribution in [2.45, 2.75) is 90.1 Å². The topological polar surface area (TPSA) is 23.8 Å². The van der Waals surface area contributed by atoms with Gasteiger partial charge in [-0.1, -0.05) is 56.9 Å². The van der Waals surface area contributed by atoms with E-state index in [2.05, 4.69) is 37.3 Å². The number of hydrogen-bond donors (Lipinski definition) is 0. The number of rotatable bonds is 10. The molecule has 1 aliphatic carbocycles. The summed E-state index contributed by atoms with van der Waals surface area (Å²) in [6.45, 7) is 2.23. The maximum absolute atomic E-state index is 14.7. The Hall–Kier alpha value is -1.36. The molecule has 25 heavy (non-hydrogen) atoms. The molecule has 0 aromatic heterocycles. The quantitative estimate of drug-likeness (QED) is 0.428. The Morgan fingerprint density at radius 1 is 1.04 bits per heavy atom. The van der Waals surface area contributed by atoms with Crippen molar-refractivity contribution in [1.29, 1.82) is 5.26 Å². The molecule has 1 aromatic rings. The first-order valence-electron chi connectivity index (χ1n) is 10.3. The van der Waals surface area contributed by atoms with Crippen LogP contribution in [-0.2, 0) is 12.8 Å². The van der Waals surface area contributed by atoms with Crippen LogP contribution in [0.25, 0.3) is 0 Å². The molecular formula is C23H34FN. The normalized spacial score (nSPS) is 21.6. The molecule has 0 radical (unpaired) electrons. The highest BCUT2D eigenvalue weighted by Gasteiger charge is 2.27. The summed E-state index contributed by atoms with van der Waals surface area (Å²) in [6, 6.07) is 10.8. The SMILES string of the molecule is CCCCCc1ccc(CC(F)[C@H]2CC[C@H](CCCC#N)CC2)cc1. The van der Waals surface area contributed by atoms with E-state index >= 15 is 0 Å². The second-order valence-electron chi connectivity index (χ2n) is 7.82. The van der Waals surface area contributed by atoms with Crippen molar-refractivity contribution in [1.82, 2.24) is 0 Å². The molecule has 1 aliphatic rings. The lowest BCUT2D eigenvalue weighted by Gasteiger charge is -2.30. The van der Waals surface area contributed by atoms with E-state index in [-0.39, 0.29) is 5.92 Å². The van der Waals surface area contributed by atoms with Crippen molar-refractivity contribution in [2.24, 2.45) is 11.8 Å². The fourth-order valence-electron chi connectivity index (χ4n) is 4.12. The number of alkyl halides is 1. The van der Waals surface area contributed by atoms with Gasteiger partial charge < -0.3 is 0 Å². The molecule has 1 atom stereocenters. The highest BCUT2D eigenvalue weighted by atomic mass is 19.1. The van der Waals surface area contributed by atoms with Crippen LogP contribution < -0.4 is 0 Å². The molecule has 2 heteroatoms. The van der Waals surface area contributed by atoms with Gasteiger partial charge in [0.25, 0.3) is 0 Å². The maximum Gasteiger partial charge on any atom is 0.107 e. The third-order valence-electron chi connectivity index (χ3n) is 5.83.